The molecule has 9 nitrogen and oxygen atoms in total. The van der Waals surface area contributed by atoms with Crippen LogP contribution < -0.4 is 15.0 Å². The number of aryl methyl sites for hydroxylation is 2. The van der Waals surface area contributed by atoms with Gasteiger partial charge in [0.15, 0.2) is 6.61 Å². The fourth-order valence-electron chi connectivity index (χ4n) is 2.88. The van der Waals surface area contributed by atoms with Gasteiger partial charge in [-0.15, -0.1) is 0 Å². The summed E-state index contributed by atoms with van der Waals surface area (Å²) in [6.07, 6.45) is -0.00494. The van der Waals surface area contributed by atoms with Crippen molar-refractivity contribution in [2.45, 2.75) is 33.2 Å². The molecule has 0 saturated heterocycles. The fraction of sp³-hybridized carbons (Fsp3) is 0.368. The van der Waals surface area contributed by atoms with Crippen LogP contribution in [0, 0.1) is 13.8 Å². The van der Waals surface area contributed by atoms with Crippen LogP contribution in [0.15, 0.2) is 22.7 Å². The predicted octanol–water partition coefficient (Wildman–Crippen LogP) is 2.11. The molecule has 9 heteroatoms. The lowest BCUT2D eigenvalue weighted by Crippen LogP contribution is -2.38. The average Bonchev–Trinajstić information content (AvgIpc) is 3.00. The van der Waals surface area contributed by atoms with Gasteiger partial charge >= 0.3 is 5.97 Å². The van der Waals surface area contributed by atoms with Gasteiger partial charge in [-0.25, -0.2) is 0 Å². The molecule has 0 aliphatic carbocycles. The maximum absolute atomic E-state index is 12.5. The van der Waals surface area contributed by atoms with Gasteiger partial charge in [0.1, 0.15) is 11.5 Å². The molecule has 1 N–H and O–H groups in total. The van der Waals surface area contributed by atoms with Gasteiger partial charge in [-0.1, -0.05) is 5.16 Å². The molecule has 1 aliphatic heterocycles. The number of amides is 2. The fourth-order valence-corrected chi connectivity index (χ4v) is 2.88. The first-order valence-corrected chi connectivity index (χ1v) is 8.74. The molecule has 0 bridgehead atoms. The lowest BCUT2D eigenvalue weighted by molar-refractivity contribution is -0.141. The molecule has 148 valence electrons. The quantitative estimate of drug-likeness (QED) is 0.756. The van der Waals surface area contributed by atoms with Gasteiger partial charge in [-0.2, -0.15) is 0 Å². The highest BCUT2D eigenvalue weighted by Gasteiger charge is 2.28. The van der Waals surface area contributed by atoms with E-state index in [0.29, 0.717) is 28.6 Å². The molecule has 1 aromatic carbocycles. The smallest absolute Gasteiger partial charge is 0.306 e. The van der Waals surface area contributed by atoms with Crippen molar-refractivity contribution in [3.8, 4) is 5.75 Å². The number of fused-ring (bicyclic) bond motifs is 1. The molecule has 1 aromatic heterocycles. The molecule has 1 aliphatic rings. The summed E-state index contributed by atoms with van der Waals surface area (Å²) in [6, 6.07) is 5.04. The summed E-state index contributed by atoms with van der Waals surface area (Å²) < 4.78 is 15.2. The van der Waals surface area contributed by atoms with Crippen molar-refractivity contribution in [3.05, 3.63) is 35.2 Å². The maximum Gasteiger partial charge on any atom is 0.306 e. The first-order chi connectivity index (χ1) is 13.4. The van der Waals surface area contributed by atoms with Gasteiger partial charge in [-0.3, -0.25) is 14.4 Å². The zero-order valence-corrected chi connectivity index (χ0v) is 15.9. The summed E-state index contributed by atoms with van der Waals surface area (Å²) >= 11 is 0. The van der Waals surface area contributed by atoms with E-state index in [1.165, 1.54) is 7.11 Å². The molecular formula is C19H21N3O6. The highest BCUT2D eigenvalue weighted by Crippen LogP contribution is 2.36. The molecule has 2 heterocycles. The molecule has 28 heavy (non-hydrogen) atoms. The number of aromatic nitrogens is 1. The Morgan fingerprint density at radius 1 is 1.29 bits per heavy atom. The van der Waals surface area contributed by atoms with Gasteiger partial charge in [-0.05, 0) is 32.0 Å². The van der Waals surface area contributed by atoms with Crippen molar-refractivity contribution < 1.29 is 28.4 Å². The van der Waals surface area contributed by atoms with E-state index in [4.69, 9.17) is 9.26 Å². The summed E-state index contributed by atoms with van der Waals surface area (Å²) in [5, 5.41) is 6.64. The third-order valence-electron chi connectivity index (χ3n) is 4.47. The second-order valence-corrected chi connectivity index (χ2v) is 6.38. The minimum atomic E-state index is -0.453. The van der Waals surface area contributed by atoms with Crippen LogP contribution in [0.5, 0.6) is 5.75 Å². The minimum Gasteiger partial charge on any atom is -0.482 e. The molecule has 0 spiro atoms. The van der Waals surface area contributed by atoms with Crippen LogP contribution in [0.4, 0.5) is 11.4 Å². The van der Waals surface area contributed by atoms with Gasteiger partial charge in [0.25, 0.3) is 5.91 Å². The van der Waals surface area contributed by atoms with Crippen molar-refractivity contribution in [2.75, 3.05) is 23.9 Å². The number of benzene rings is 1. The highest BCUT2D eigenvalue weighted by molar-refractivity contribution is 5.99. The average molecular weight is 387 g/mol. The molecule has 0 saturated carbocycles. The normalized spacial score (nSPS) is 13.0. The summed E-state index contributed by atoms with van der Waals surface area (Å²) in [4.78, 5) is 37.3. The third-order valence-corrected chi connectivity index (χ3v) is 4.47. The number of carbonyl (C=O) groups excluding carboxylic acids is 3. The van der Waals surface area contributed by atoms with E-state index in [2.05, 4.69) is 15.2 Å². The van der Waals surface area contributed by atoms with Crippen molar-refractivity contribution in [2.24, 2.45) is 0 Å². The number of hydrogen-bond acceptors (Lipinski definition) is 7. The predicted molar refractivity (Wildman–Crippen MR) is 99.0 cm³/mol. The number of nitrogens with one attached hydrogen (secondary N) is 1. The second kappa shape index (κ2) is 8.12. The lowest BCUT2D eigenvalue weighted by Gasteiger charge is -2.29. The Kier molecular flexibility index (Phi) is 5.62. The Bertz CT molecular complexity index is 901. The molecule has 2 amide bonds. The van der Waals surface area contributed by atoms with Crippen LogP contribution in [0.2, 0.25) is 0 Å². The molecule has 0 fully saturated rings. The molecule has 0 radical (unpaired) electrons. The number of methoxy groups -OCH3 is 1. The van der Waals surface area contributed by atoms with E-state index in [9.17, 15) is 14.4 Å². The number of rotatable bonds is 6. The first kappa shape index (κ1) is 19.4. The Labute approximate surface area is 161 Å². The van der Waals surface area contributed by atoms with E-state index in [1.807, 2.05) is 6.92 Å². The monoisotopic (exact) mass is 387 g/mol. The third kappa shape index (κ3) is 4.13. The van der Waals surface area contributed by atoms with E-state index in [0.717, 1.165) is 5.56 Å². The summed E-state index contributed by atoms with van der Waals surface area (Å²) in [5.74, 6) is 0.196. The number of ether oxygens (including phenoxy) is 2. The number of nitrogens with zero attached hydrogens (tertiary/aromatic N) is 2. The molecule has 0 unspecified atom stereocenters. The zero-order chi connectivity index (χ0) is 20.3. The highest BCUT2D eigenvalue weighted by atomic mass is 16.5. The molecular weight excluding hydrogens is 366 g/mol. The Balaban J connectivity index is 1.80. The van der Waals surface area contributed by atoms with Crippen LogP contribution in [0.25, 0.3) is 0 Å². The number of esters is 1. The van der Waals surface area contributed by atoms with Crippen LogP contribution in [-0.4, -0.2) is 36.7 Å². The van der Waals surface area contributed by atoms with E-state index >= 15 is 0 Å². The van der Waals surface area contributed by atoms with Gasteiger partial charge in [0, 0.05) is 17.7 Å². The van der Waals surface area contributed by atoms with E-state index < -0.39 is 5.97 Å². The number of carbonyl (C=O) groups is 3. The van der Waals surface area contributed by atoms with E-state index in [-0.39, 0.29) is 37.8 Å². The van der Waals surface area contributed by atoms with Crippen LogP contribution in [-0.2, 0) is 25.7 Å². The zero-order valence-electron chi connectivity index (χ0n) is 15.9. The van der Waals surface area contributed by atoms with Crippen molar-refractivity contribution >= 4 is 29.2 Å². The van der Waals surface area contributed by atoms with Crippen molar-refractivity contribution in [3.63, 3.8) is 0 Å². The van der Waals surface area contributed by atoms with Gasteiger partial charge in [0.05, 0.1) is 31.5 Å². The maximum atomic E-state index is 12.5. The van der Waals surface area contributed by atoms with Crippen LogP contribution in [0.1, 0.15) is 29.9 Å². The summed E-state index contributed by atoms with van der Waals surface area (Å²) in [7, 11) is 1.27. The number of anilines is 2. The van der Waals surface area contributed by atoms with Gasteiger partial charge < -0.3 is 24.2 Å². The second-order valence-electron chi connectivity index (χ2n) is 6.38. The Hall–Kier alpha value is -3.36. The Morgan fingerprint density at radius 3 is 2.75 bits per heavy atom. The van der Waals surface area contributed by atoms with Crippen molar-refractivity contribution in [1.82, 2.24) is 5.16 Å². The standard InChI is InChI=1S/C19H21N3O6/c1-11-14(12(2)28-21-11)9-22-15-8-13(4-5-16(15)27-10-18(22)24)20-17(23)6-7-19(25)26-3/h4-5,8H,6-7,9-10H2,1-3H3,(H,20,23). The minimum absolute atomic E-state index is 0.00197. The summed E-state index contributed by atoms with van der Waals surface area (Å²) in [5.41, 5.74) is 2.58. The first-order valence-electron chi connectivity index (χ1n) is 8.74. The van der Waals surface area contributed by atoms with E-state index in [1.54, 1.807) is 30.0 Å². The SMILES string of the molecule is COC(=O)CCC(=O)Nc1ccc2c(c1)N(Cc1c(C)noc1C)C(=O)CO2. The molecule has 0 atom stereocenters. The lowest BCUT2D eigenvalue weighted by atomic mass is 10.1. The summed E-state index contributed by atoms with van der Waals surface area (Å²) in [6.45, 7) is 3.83. The Morgan fingerprint density at radius 2 is 2.07 bits per heavy atom. The van der Waals surface area contributed by atoms with Crippen LogP contribution >= 0.6 is 0 Å². The van der Waals surface area contributed by atoms with Gasteiger partial charge in [0.2, 0.25) is 5.91 Å². The topological polar surface area (TPSA) is 111 Å². The number of hydrogen-bond donors (Lipinski definition) is 1. The molecule has 2 aromatic rings. The van der Waals surface area contributed by atoms with Crippen molar-refractivity contribution in [1.29, 1.82) is 0 Å². The molecule has 3 rings (SSSR count). The van der Waals surface area contributed by atoms with Crippen LogP contribution in [0.3, 0.4) is 0 Å². The largest absolute Gasteiger partial charge is 0.482 e.